The van der Waals surface area contributed by atoms with Crippen molar-refractivity contribution in [2.75, 3.05) is 0 Å². The van der Waals surface area contributed by atoms with Crippen LogP contribution >= 0.6 is 0 Å². The standard InChI is InChI=1S/C63H81N7O15/c1-40(53(72)67-42(3)55(74)80-37-43-23-16-13-17-24-43)65-52(71)41(2)66-54(73)49(68-58(77)81-38-44-25-18-14-19-26-44)33-31-46-35-64-36-47(48(46)29-22-30-50(56(75)83-61(4,5)6)70-60(79)85-63(10,11)12)32-34-51(57(76)84-62(7,8)9)69-59(78)82-39-45-27-20-15-21-28-45/h13-21,23-28,35-36,40-42,49-51H,30-34,37-39H2,1-12H3,(H,65,71)(H,66,73)(H,67,72)(H,68,77)(H,69,78)(H,70,79)/t40-,41-,42-,49-,50-,51-/m0/s1. The molecule has 0 aliphatic heterocycles. The number of pyridine rings is 1. The average molecular weight is 1180 g/mol. The van der Waals surface area contributed by atoms with Crippen LogP contribution in [0.4, 0.5) is 14.4 Å². The fourth-order valence-corrected chi connectivity index (χ4v) is 7.69. The Morgan fingerprint density at radius 3 is 1.26 bits per heavy atom. The van der Waals surface area contributed by atoms with E-state index in [4.69, 9.17) is 28.4 Å². The van der Waals surface area contributed by atoms with E-state index in [1.807, 2.05) is 12.1 Å². The predicted molar refractivity (Wildman–Crippen MR) is 313 cm³/mol. The normalized spacial score (nSPS) is 13.4. The lowest BCUT2D eigenvalue weighted by atomic mass is 9.95. The van der Waals surface area contributed by atoms with Crippen molar-refractivity contribution in [1.82, 2.24) is 36.9 Å². The molecule has 6 atom stereocenters. The van der Waals surface area contributed by atoms with Gasteiger partial charge in [0.25, 0.3) is 0 Å². The summed E-state index contributed by atoms with van der Waals surface area (Å²) >= 11 is 0. The van der Waals surface area contributed by atoms with Crippen LogP contribution in [0.3, 0.4) is 0 Å². The van der Waals surface area contributed by atoms with Crippen molar-refractivity contribution in [3.8, 4) is 11.8 Å². The lowest BCUT2D eigenvalue weighted by molar-refractivity contribution is -0.158. The lowest BCUT2D eigenvalue weighted by Gasteiger charge is -2.25. The summed E-state index contributed by atoms with van der Waals surface area (Å²) in [6.07, 6.45) is -0.263. The molecule has 6 amide bonds. The lowest BCUT2D eigenvalue weighted by Crippen LogP contribution is -2.56. The first-order chi connectivity index (χ1) is 39.9. The van der Waals surface area contributed by atoms with Crippen LogP contribution in [0.15, 0.2) is 103 Å². The van der Waals surface area contributed by atoms with Crippen molar-refractivity contribution in [1.29, 1.82) is 0 Å². The molecular weight excluding hydrogens is 1090 g/mol. The van der Waals surface area contributed by atoms with Gasteiger partial charge >= 0.3 is 36.2 Å². The van der Waals surface area contributed by atoms with E-state index >= 15 is 0 Å². The van der Waals surface area contributed by atoms with Gasteiger partial charge in [0.15, 0.2) is 0 Å². The third-order valence-corrected chi connectivity index (χ3v) is 11.9. The van der Waals surface area contributed by atoms with E-state index in [0.717, 1.165) is 5.56 Å². The second-order valence-electron chi connectivity index (χ2n) is 23.0. The smallest absolute Gasteiger partial charge is 0.408 e. The van der Waals surface area contributed by atoms with E-state index in [1.165, 1.54) is 33.2 Å². The van der Waals surface area contributed by atoms with Crippen LogP contribution < -0.4 is 31.9 Å². The van der Waals surface area contributed by atoms with Gasteiger partial charge in [-0.15, -0.1) is 0 Å². The van der Waals surface area contributed by atoms with Crippen LogP contribution in [-0.2, 0) is 89.9 Å². The minimum Gasteiger partial charge on any atom is -0.459 e. The SMILES string of the molecule is C[C@H](NC(=O)[C@H](C)NC(=O)[C@H](CCc1cncc(CC[C@H](NC(=O)OCc2ccccc2)C(=O)OC(C)(C)C)c1C#CC[C@H](NC(=O)OC(C)(C)C)C(=O)OC(C)(C)C)NC(=O)OCc1ccccc1)C(=O)N[C@@H](C)C(=O)OCc1ccccc1. The van der Waals surface area contributed by atoms with E-state index in [0.29, 0.717) is 27.8 Å². The Morgan fingerprint density at radius 2 is 0.812 bits per heavy atom. The van der Waals surface area contributed by atoms with Crippen molar-refractivity contribution >= 4 is 53.9 Å². The minimum absolute atomic E-state index is 0.0103. The summed E-state index contributed by atoms with van der Waals surface area (Å²) in [6, 6.07) is 19.3. The fraction of sp³-hybridized carbons (Fsp3) is 0.460. The Hall–Kier alpha value is -9.00. The molecule has 22 heteroatoms. The van der Waals surface area contributed by atoms with Crippen LogP contribution in [0.25, 0.3) is 0 Å². The Balaban J connectivity index is 1.66. The van der Waals surface area contributed by atoms with E-state index in [-0.39, 0.29) is 51.9 Å². The zero-order valence-corrected chi connectivity index (χ0v) is 50.5. The van der Waals surface area contributed by atoms with Gasteiger partial charge in [-0.25, -0.2) is 28.8 Å². The molecular formula is C63H81N7O15. The van der Waals surface area contributed by atoms with E-state index < -0.39 is 107 Å². The number of amides is 6. The molecule has 1 aromatic heterocycles. The Bertz CT molecular complexity index is 2970. The quantitative estimate of drug-likeness (QED) is 0.0219. The third kappa shape index (κ3) is 26.4. The van der Waals surface area contributed by atoms with Gasteiger partial charge in [-0.1, -0.05) is 103 Å². The summed E-state index contributed by atoms with van der Waals surface area (Å²) in [5.74, 6) is 1.57. The highest BCUT2D eigenvalue weighted by Gasteiger charge is 2.32. The number of alkyl carbamates (subject to hydrolysis) is 3. The Morgan fingerprint density at radius 1 is 0.435 bits per heavy atom. The molecule has 6 N–H and O–H groups in total. The van der Waals surface area contributed by atoms with E-state index in [2.05, 4.69) is 48.7 Å². The molecule has 0 fully saturated rings. The number of rotatable bonds is 25. The van der Waals surface area contributed by atoms with Crippen LogP contribution in [0.5, 0.6) is 0 Å². The zero-order valence-electron chi connectivity index (χ0n) is 50.5. The highest BCUT2D eigenvalue weighted by atomic mass is 16.6. The summed E-state index contributed by atoms with van der Waals surface area (Å²) in [4.78, 5) is 125. The van der Waals surface area contributed by atoms with Crippen molar-refractivity contribution < 1.29 is 71.6 Å². The van der Waals surface area contributed by atoms with Gasteiger partial charge in [-0.3, -0.25) is 19.4 Å². The molecule has 0 saturated heterocycles. The summed E-state index contributed by atoms with van der Waals surface area (Å²) in [5, 5.41) is 15.4. The second kappa shape index (κ2) is 32.7. The number of carbonyl (C=O) groups is 9. The van der Waals surface area contributed by atoms with Gasteiger partial charge in [-0.2, -0.15) is 0 Å². The van der Waals surface area contributed by atoms with Crippen LogP contribution in [0.1, 0.15) is 136 Å². The highest BCUT2D eigenvalue weighted by Crippen LogP contribution is 2.21. The molecule has 0 radical (unpaired) electrons. The number of hydrogen-bond acceptors (Lipinski definition) is 16. The number of carbonyl (C=O) groups excluding carboxylic acids is 9. The summed E-state index contributed by atoms with van der Waals surface area (Å²) in [5.41, 5.74) is 0.524. The predicted octanol–water partition coefficient (Wildman–Crippen LogP) is 7.11. The van der Waals surface area contributed by atoms with E-state index in [9.17, 15) is 43.2 Å². The van der Waals surface area contributed by atoms with Gasteiger partial charge in [0.1, 0.15) is 72.9 Å². The molecule has 4 rings (SSSR count). The Kier molecular flexibility index (Phi) is 26.4. The van der Waals surface area contributed by atoms with Gasteiger partial charge in [0, 0.05) is 24.4 Å². The van der Waals surface area contributed by atoms with Crippen molar-refractivity contribution in [3.63, 3.8) is 0 Å². The minimum atomic E-state index is -1.39. The maximum Gasteiger partial charge on any atom is 0.408 e. The molecule has 0 aliphatic carbocycles. The van der Waals surface area contributed by atoms with Gasteiger partial charge < -0.3 is 60.3 Å². The number of nitrogens with zero attached hydrogens (tertiary/aromatic N) is 1. The molecule has 22 nitrogen and oxygen atoms in total. The monoisotopic (exact) mass is 1180 g/mol. The Labute approximate surface area is 497 Å². The highest BCUT2D eigenvalue weighted by molar-refractivity contribution is 5.94. The largest absolute Gasteiger partial charge is 0.459 e. The van der Waals surface area contributed by atoms with Crippen LogP contribution in [0.2, 0.25) is 0 Å². The first-order valence-electron chi connectivity index (χ1n) is 27.9. The molecule has 0 bridgehead atoms. The first kappa shape index (κ1) is 68.5. The first-order valence-corrected chi connectivity index (χ1v) is 27.9. The number of hydrogen-bond donors (Lipinski definition) is 6. The second-order valence-corrected chi connectivity index (χ2v) is 23.0. The van der Waals surface area contributed by atoms with Crippen molar-refractivity contribution in [2.45, 2.75) is 188 Å². The maximum absolute atomic E-state index is 14.3. The summed E-state index contributed by atoms with van der Waals surface area (Å²) in [7, 11) is 0. The topological polar surface area (TPSA) is 294 Å². The van der Waals surface area contributed by atoms with Gasteiger partial charge in [-0.05, 0) is 137 Å². The molecule has 458 valence electrons. The molecule has 3 aromatic carbocycles. The number of aryl methyl sites for hydroxylation is 2. The van der Waals surface area contributed by atoms with E-state index in [1.54, 1.807) is 141 Å². The summed E-state index contributed by atoms with van der Waals surface area (Å²) < 4.78 is 33.1. The number of aromatic nitrogens is 1. The maximum atomic E-state index is 14.3. The van der Waals surface area contributed by atoms with Crippen molar-refractivity contribution in [3.05, 3.63) is 137 Å². The van der Waals surface area contributed by atoms with Gasteiger partial charge in [0.05, 0.1) is 0 Å². The molecule has 0 spiro atoms. The molecule has 1 heterocycles. The van der Waals surface area contributed by atoms with Gasteiger partial charge in [0.2, 0.25) is 17.7 Å². The molecule has 0 unspecified atom stereocenters. The number of esters is 3. The van der Waals surface area contributed by atoms with Crippen molar-refractivity contribution in [2.24, 2.45) is 0 Å². The molecule has 4 aromatic rings. The zero-order chi connectivity index (χ0) is 62.9. The fourth-order valence-electron chi connectivity index (χ4n) is 7.69. The number of ether oxygens (including phenoxy) is 6. The number of nitrogens with one attached hydrogen (secondary N) is 6. The average Bonchev–Trinajstić information content (AvgIpc) is 3.58. The third-order valence-electron chi connectivity index (χ3n) is 11.9. The molecule has 85 heavy (non-hydrogen) atoms. The number of benzene rings is 3. The molecule has 0 saturated carbocycles. The summed E-state index contributed by atoms with van der Waals surface area (Å²) in [6.45, 7) is 19.0. The van der Waals surface area contributed by atoms with Crippen LogP contribution in [-0.4, -0.2) is 112 Å². The van der Waals surface area contributed by atoms with Crippen LogP contribution in [0, 0.1) is 11.8 Å². The molecule has 0 aliphatic rings.